The molecule has 8 heteroatoms. The number of ether oxygens (including phenoxy) is 1. The third kappa shape index (κ3) is 8.11. The van der Waals surface area contributed by atoms with Gasteiger partial charge in [0.1, 0.15) is 5.82 Å². The lowest BCUT2D eigenvalue weighted by Gasteiger charge is -2.36. The second kappa shape index (κ2) is 13.5. The lowest BCUT2D eigenvalue weighted by Crippen LogP contribution is -2.50. The van der Waals surface area contributed by atoms with Crippen molar-refractivity contribution in [2.45, 2.75) is 19.3 Å². The van der Waals surface area contributed by atoms with Gasteiger partial charge in [0, 0.05) is 45.0 Å². The van der Waals surface area contributed by atoms with Crippen LogP contribution in [0.4, 0.5) is 10.1 Å². The predicted octanol–water partition coefficient (Wildman–Crippen LogP) is 2.78. The molecule has 194 valence electrons. The summed E-state index contributed by atoms with van der Waals surface area (Å²) >= 11 is 0. The third-order valence-electron chi connectivity index (χ3n) is 6.99. The number of hydrogen-bond donors (Lipinski definition) is 2. The molecule has 2 atom stereocenters. The summed E-state index contributed by atoms with van der Waals surface area (Å²) in [6.07, 6.45) is 2.26. The lowest BCUT2D eigenvalue weighted by atomic mass is 9.87. The fourth-order valence-corrected chi connectivity index (χ4v) is 4.95. The predicted molar refractivity (Wildman–Crippen MR) is 138 cm³/mol. The molecular weight excluding hydrogens is 459 g/mol. The van der Waals surface area contributed by atoms with Gasteiger partial charge in [0.25, 0.3) is 0 Å². The van der Waals surface area contributed by atoms with E-state index in [1.165, 1.54) is 17.7 Å². The lowest BCUT2D eigenvalue weighted by molar-refractivity contribution is -0.130. The van der Waals surface area contributed by atoms with E-state index in [1.54, 1.807) is 12.1 Å². The van der Waals surface area contributed by atoms with Crippen molar-refractivity contribution in [2.24, 2.45) is 11.8 Å². The minimum absolute atomic E-state index is 0.0148. The molecule has 0 aliphatic carbocycles. The smallest absolute Gasteiger partial charge is 0.228 e. The fourth-order valence-electron chi connectivity index (χ4n) is 4.95. The van der Waals surface area contributed by atoms with Gasteiger partial charge in [-0.05, 0) is 55.6 Å². The van der Waals surface area contributed by atoms with Crippen molar-refractivity contribution in [1.29, 1.82) is 0 Å². The number of nitrogens with zero attached hydrogens (tertiary/aromatic N) is 2. The summed E-state index contributed by atoms with van der Waals surface area (Å²) in [5, 5.41) is 6.01. The molecule has 2 aromatic rings. The number of nitrogens with one attached hydrogen (secondary N) is 2. The van der Waals surface area contributed by atoms with E-state index in [4.69, 9.17) is 4.74 Å². The highest BCUT2D eigenvalue weighted by Crippen LogP contribution is 2.24. The Balaban J connectivity index is 1.32. The first-order chi connectivity index (χ1) is 17.6. The Labute approximate surface area is 213 Å². The van der Waals surface area contributed by atoms with Crippen LogP contribution in [0.2, 0.25) is 0 Å². The SMILES string of the molecule is O=C(NCCCN1CCOCC1)[C@H]1C[C@@H](C(=O)Nc2ccc(F)cc2)CN(CCc2ccccc2)C1. The Morgan fingerprint density at radius 1 is 0.889 bits per heavy atom. The number of morpholine rings is 1. The molecule has 2 heterocycles. The van der Waals surface area contributed by atoms with E-state index in [9.17, 15) is 14.0 Å². The molecule has 4 rings (SSSR count). The number of carbonyl (C=O) groups excluding carboxylic acids is 2. The van der Waals surface area contributed by atoms with Crippen LogP contribution in [0.1, 0.15) is 18.4 Å². The molecule has 2 aliphatic rings. The molecule has 2 N–H and O–H groups in total. The first kappa shape index (κ1) is 26.3. The van der Waals surface area contributed by atoms with Crippen LogP contribution in [0, 0.1) is 17.7 Å². The molecular formula is C28H37FN4O3. The van der Waals surface area contributed by atoms with E-state index in [0.717, 1.165) is 52.2 Å². The number of piperidine rings is 1. The summed E-state index contributed by atoms with van der Waals surface area (Å²) in [5.74, 6) is -1.02. The Hall–Kier alpha value is -2.81. The van der Waals surface area contributed by atoms with Gasteiger partial charge >= 0.3 is 0 Å². The number of amides is 2. The highest BCUT2D eigenvalue weighted by molar-refractivity contribution is 5.93. The van der Waals surface area contributed by atoms with E-state index in [2.05, 4.69) is 32.6 Å². The maximum atomic E-state index is 13.3. The number of anilines is 1. The maximum absolute atomic E-state index is 13.3. The van der Waals surface area contributed by atoms with Crippen molar-refractivity contribution in [3.8, 4) is 0 Å². The summed E-state index contributed by atoms with van der Waals surface area (Å²) in [4.78, 5) is 30.8. The molecule has 36 heavy (non-hydrogen) atoms. The van der Waals surface area contributed by atoms with E-state index in [0.29, 0.717) is 31.7 Å². The van der Waals surface area contributed by atoms with Gasteiger partial charge in [-0.3, -0.25) is 14.5 Å². The Morgan fingerprint density at radius 3 is 2.31 bits per heavy atom. The van der Waals surface area contributed by atoms with Crippen molar-refractivity contribution in [3.05, 3.63) is 66.0 Å². The Morgan fingerprint density at radius 2 is 1.58 bits per heavy atom. The van der Waals surface area contributed by atoms with Crippen molar-refractivity contribution >= 4 is 17.5 Å². The van der Waals surface area contributed by atoms with E-state index >= 15 is 0 Å². The van der Waals surface area contributed by atoms with Crippen LogP contribution in [0.5, 0.6) is 0 Å². The molecule has 2 saturated heterocycles. The van der Waals surface area contributed by atoms with Crippen LogP contribution < -0.4 is 10.6 Å². The largest absolute Gasteiger partial charge is 0.379 e. The van der Waals surface area contributed by atoms with E-state index in [1.807, 2.05) is 18.2 Å². The molecule has 0 aromatic heterocycles. The second-order valence-electron chi connectivity index (χ2n) is 9.72. The van der Waals surface area contributed by atoms with Gasteiger partial charge in [0.15, 0.2) is 0 Å². The summed E-state index contributed by atoms with van der Waals surface area (Å²) < 4.78 is 18.6. The molecule has 0 radical (unpaired) electrons. The zero-order valence-corrected chi connectivity index (χ0v) is 20.8. The van der Waals surface area contributed by atoms with Gasteiger partial charge in [0.2, 0.25) is 11.8 Å². The number of rotatable bonds is 10. The Kier molecular flexibility index (Phi) is 9.84. The number of halogens is 1. The highest BCUT2D eigenvalue weighted by atomic mass is 19.1. The molecule has 0 unspecified atom stereocenters. The van der Waals surface area contributed by atoms with E-state index in [-0.39, 0.29) is 29.5 Å². The van der Waals surface area contributed by atoms with Crippen molar-refractivity contribution in [3.63, 3.8) is 0 Å². The first-order valence-electron chi connectivity index (χ1n) is 13.0. The topological polar surface area (TPSA) is 73.9 Å². The van der Waals surface area contributed by atoms with Crippen molar-refractivity contribution < 1.29 is 18.7 Å². The third-order valence-corrected chi connectivity index (χ3v) is 6.99. The van der Waals surface area contributed by atoms with Gasteiger partial charge in [-0.1, -0.05) is 30.3 Å². The van der Waals surface area contributed by atoms with Crippen molar-refractivity contribution in [1.82, 2.24) is 15.1 Å². The summed E-state index contributed by atoms with van der Waals surface area (Å²) in [6.45, 7) is 7.02. The monoisotopic (exact) mass is 496 g/mol. The minimum atomic E-state index is -0.344. The van der Waals surface area contributed by atoms with Crippen LogP contribution in [0.15, 0.2) is 54.6 Å². The minimum Gasteiger partial charge on any atom is -0.379 e. The first-order valence-corrected chi connectivity index (χ1v) is 13.0. The van der Waals surface area contributed by atoms with Crippen LogP contribution in [-0.4, -0.2) is 80.6 Å². The van der Waals surface area contributed by atoms with Crippen LogP contribution in [0.25, 0.3) is 0 Å². The quantitative estimate of drug-likeness (QED) is 0.495. The van der Waals surface area contributed by atoms with Gasteiger partial charge in [-0.25, -0.2) is 4.39 Å². The normalized spacial score (nSPS) is 21.1. The van der Waals surface area contributed by atoms with Crippen molar-refractivity contribution in [2.75, 3.05) is 64.3 Å². The average molecular weight is 497 g/mol. The second-order valence-corrected chi connectivity index (χ2v) is 9.72. The molecule has 2 aromatic carbocycles. The van der Waals surface area contributed by atoms with Crippen LogP contribution in [-0.2, 0) is 20.7 Å². The van der Waals surface area contributed by atoms with Crippen LogP contribution >= 0.6 is 0 Å². The molecule has 0 saturated carbocycles. The molecule has 2 fully saturated rings. The molecule has 0 bridgehead atoms. The maximum Gasteiger partial charge on any atom is 0.228 e. The zero-order valence-electron chi connectivity index (χ0n) is 20.8. The number of carbonyl (C=O) groups is 2. The van der Waals surface area contributed by atoms with Crippen LogP contribution in [0.3, 0.4) is 0 Å². The molecule has 2 amide bonds. The molecule has 2 aliphatic heterocycles. The standard InChI is InChI=1S/C28H37FN4O3/c29-25-7-9-26(10-8-25)31-28(35)24-19-23(20-33(21-24)14-11-22-5-2-1-3-6-22)27(34)30-12-4-13-32-15-17-36-18-16-32/h1-3,5-10,23-24H,4,11-21H2,(H,30,34)(H,31,35)/t23-,24+/m0/s1. The van der Waals surface area contributed by atoms with Gasteiger partial charge in [-0.15, -0.1) is 0 Å². The number of hydrogen-bond acceptors (Lipinski definition) is 5. The number of likely N-dealkylation sites (tertiary alicyclic amines) is 1. The fraction of sp³-hybridized carbons (Fsp3) is 0.500. The summed E-state index contributed by atoms with van der Waals surface area (Å²) in [7, 11) is 0. The van der Waals surface area contributed by atoms with Gasteiger partial charge < -0.3 is 20.3 Å². The molecule has 0 spiro atoms. The van der Waals surface area contributed by atoms with E-state index < -0.39 is 0 Å². The summed E-state index contributed by atoms with van der Waals surface area (Å²) in [5.41, 5.74) is 1.80. The summed E-state index contributed by atoms with van der Waals surface area (Å²) in [6, 6.07) is 16.0. The zero-order chi connectivity index (χ0) is 25.2. The average Bonchev–Trinajstić information content (AvgIpc) is 2.92. The Bertz CT molecular complexity index is 967. The number of benzene rings is 2. The molecule has 7 nitrogen and oxygen atoms in total. The highest BCUT2D eigenvalue weighted by Gasteiger charge is 2.35. The van der Waals surface area contributed by atoms with Gasteiger partial charge in [0.05, 0.1) is 25.0 Å². The van der Waals surface area contributed by atoms with Gasteiger partial charge in [-0.2, -0.15) is 0 Å².